The zero-order valence-electron chi connectivity index (χ0n) is 16.7. The number of halogens is 2. The minimum Gasteiger partial charge on any atom is -0.344 e. The molecule has 0 radical (unpaired) electrons. The lowest BCUT2D eigenvalue weighted by Gasteiger charge is -2.19. The van der Waals surface area contributed by atoms with E-state index in [-0.39, 0.29) is 22.7 Å². The molecule has 1 aliphatic rings. The second kappa shape index (κ2) is 7.79. The van der Waals surface area contributed by atoms with E-state index in [2.05, 4.69) is 5.32 Å². The molecule has 0 aliphatic carbocycles. The predicted molar refractivity (Wildman–Crippen MR) is 108 cm³/mol. The Balaban J connectivity index is 1.96. The normalized spacial score (nSPS) is 19.8. The van der Waals surface area contributed by atoms with E-state index in [1.807, 2.05) is 0 Å². The van der Waals surface area contributed by atoms with Gasteiger partial charge in [0.1, 0.15) is 5.92 Å². The fraction of sp³-hybridized carbons (Fsp3) is 0.333. The molecule has 1 saturated heterocycles. The zero-order valence-corrected chi connectivity index (χ0v) is 17.5. The van der Waals surface area contributed by atoms with Crippen LogP contribution >= 0.6 is 0 Å². The first-order chi connectivity index (χ1) is 13.9. The highest BCUT2D eigenvalue weighted by Gasteiger charge is 2.44. The number of likely N-dealkylation sites (tertiary alicyclic amines) is 1. The number of nitrogens with one attached hydrogen (secondary N) is 1. The summed E-state index contributed by atoms with van der Waals surface area (Å²) < 4.78 is 51.5. The van der Waals surface area contributed by atoms with Crippen LogP contribution in [0.1, 0.15) is 24.0 Å². The lowest BCUT2D eigenvalue weighted by atomic mass is 9.86. The van der Waals surface area contributed by atoms with Gasteiger partial charge in [-0.05, 0) is 23.8 Å². The van der Waals surface area contributed by atoms with Gasteiger partial charge in [0, 0.05) is 38.3 Å². The molecular weight excluding hydrogens is 414 g/mol. The summed E-state index contributed by atoms with van der Waals surface area (Å²) in [7, 11) is -2.07. The summed E-state index contributed by atoms with van der Waals surface area (Å²) in [6, 6.07) is 11.6. The summed E-state index contributed by atoms with van der Waals surface area (Å²) in [5, 5.41) is 2.54. The van der Waals surface area contributed by atoms with Crippen LogP contribution in [0.4, 0.5) is 14.5 Å². The van der Waals surface area contributed by atoms with Crippen molar-refractivity contribution in [2.24, 2.45) is 5.92 Å². The molecule has 0 bridgehead atoms. The van der Waals surface area contributed by atoms with Gasteiger partial charge in [-0.3, -0.25) is 9.59 Å². The Kier molecular flexibility index (Phi) is 5.68. The number of hydrogen-bond donors (Lipinski definition) is 1. The molecular formula is C21H22F2N2O4S. The highest BCUT2D eigenvalue weighted by Crippen LogP contribution is 2.37. The fourth-order valence-electron chi connectivity index (χ4n) is 3.64. The number of likely N-dealkylation sites (N-methyl/N-ethyl adjacent to an activating group) is 1. The maximum Gasteiger partial charge on any atom is 0.270 e. The molecule has 3 rings (SSSR count). The van der Waals surface area contributed by atoms with Gasteiger partial charge in [0.2, 0.25) is 11.8 Å². The number of hydrogen-bond acceptors (Lipinski definition) is 4. The van der Waals surface area contributed by atoms with Crippen molar-refractivity contribution in [1.82, 2.24) is 4.90 Å². The third kappa shape index (κ3) is 4.35. The molecule has 30 heavy (non-hydrogen) atoms. The molecule has 160 valence electrons. The van der Waals surface area contributed by atoms with Crippen LogP contribution in [0.5, 0.6) is 0 Å². The smallest absolute Gasteiger partial charge is 0.270 e. The summed E-state index contributed by atoms with van der Waals surface area (Å²) in [5.41, 5.74) is 0.312. The van der Waals surface area contributed by atoms with Gasteiger partial charge in [-0.1, -0.05) is 30.3 Å². The summed E-state index contributed by atoms with van der Waals surface area (Å²) in [6.07, 6.45) is 1.02. The first kappa shape index (κ1) is 21.9. The molecule has 1 heterocycles. The molecule has 6 nitrogen and oxygen atoms in total. The number of amides is 2. The van der Waals surface area contributed by atoms with Crippen molar-refractivity contribution in [3.05, 3.63) is 59.7 Å². The molecule has 9 heteroatoms. The molecule has 2 aromatic carbocycles. The van der Waals surface area contributed by atoms with Crippen LogP contribution in [-0.4, -0.2) is 45.0 Å². The van der Waals surface area contributed by atoms with Crippen molar-refractivity contribution in [1.29, 1.82) is 0 Å². The van der Waals surface area contributed by atoms with Crippen LogP contribution in [0.15, 0.2) is 53.4 Å². The van der Waals surface area contributed by atoms with Crippen LogP contribution in [0.2, 0.25) is 0 Å². The molecule has 2 atom stereocenters. The van der Waals surface area contributed by atoms with Crippen molar-refractivity contribution in [2.75, 3.05) is 25.2 Å². The van der Waals surface area contributed by atoms with Crippen molar-refractivity contribution in [3.63, 3.8) is 0 Å². The van der Waals surface area contributed by atoms with Gasteiger partial charge in [-0.25, -0.2) is 17.2 Å². The minimum absolute atomic E-state index is 0.0682. The van der Waals surface area contributed by atoms with E-state index >= 15 is 0 Å². The maximum absolute atomic E-state index is 13.8. The van der Waals surface area contributed by atoms with Gasteiger partial charge < -0.3 is 10.2 Å². The maximum atomic E-state index is 13.8. The number of para-hydroxylation sites is 1. The number of anilines is 1. The lowest BCUT2D eigenvalue weighted by Crippen LogP contribution is -2.33. The second-order valence-electron chi connectivity index (χ2n) is 7.57. The number of alkyl halides is 2. The number of carbonyl (C=O) groups is 2. The van der Waals surface area contributed by atoms with E-state index < -0.39 is 39.4 Å². The van der Waals surface area contributed by atoms with Crippen LogP contribution in [0.25, 0.3) is 0 Å². The molecule has 1 fully saturated rings. The lowest BCUT2D eigenvalue weighted by molar-refractivity contribution is -0.135. The summed E-state index contributed by atoms with van der Waals surface area (Å²) in [4.78, 5) is 27.0. The van der Waals surface area contributed by atoms with E-state index in [1.165, 1.54) is 48.3 Å². The summed E-state index contributed by atoms with van der Waals surface area (Å²) >= 11 is 0. The van der Waals surface area contributed by atoms with E-state index in [0.717, 1.165) is 13.2 Å². The standard InChI is InChI=1S/C21H22F2N2O4S/c1-21(22,23)14-8-6-7-13(11-14)15-12-25(2)20(27)18(15)19(26)24-16-9-4-5-10-17(16)30(3,28)29/h4-11,15,18H,12H2,1-3H3,(H,24,26)/t15-,18+/m1/s1. The first-order valence-electron chi connectivity index (χ1n) is 9.23. The fourth-order valence-corrected chi connectivity index (χ4v) is 4.48. The van der Waals surface area contributed by atoms with Gasteiger partial charge in [-0.15, -0.1) is 0 Å². The average Bonchev–Trinajstić information content (AvgIpc) is 2.96. The van der Waals surface area contributed by atoms with E-state index in [1.54, 1.807) is 12.1 Å². The molecule has 1 aliphatic heterocycles. The minimum atomic E-state index is -3.61. The molecule has 2 aromatic rings. The predicted octanol–water partition coefficient (Wildman–Crippen LogP) is 3.01. The van der Waals surface area contributed by atoms with Crippen LogP contribution in [0.3, 0.4) is 0 Å². The summed E-state index contributed by atoms with van der Waals surface area (Å²) in [5.74, 6) is -6.00. The van der Waals surface area contributed by atoms with E-state index in [0.29, 0.717) is 5.56 Å². The Morgan fingerprint density at radius 1 is 1.17 bits per heavy atom. The molecule has 0 spiro atoms. The monoisotopic (exact) mass is 436 g/mol. The summed E-state index contributed by atoms with van der Waals surface area (Å²) in [6.45, 7) is 0.966. The quantitative estimate of drug-likeness (QED) is 0.731. The van der Waals surface area contributed by atoms with E-state index in [9.17, 15) is 26.8 Å². The largest absolute Gasteiger partial charge is 0.344 e. The molecule has 2 amide bonds. The first-order valence-corrected chi connectivity index (χ1v) is 11.1. The third-order valence-corrected chi connectivity index (χ3v) is 6.32. The van der Waals surface area contributed by atoms with Crippen molar-refractivity contribution in [2.45, 2.75) is 23.7 Å². The average molecular weight is 436 g/mol. The number of rotatable bonds is 5. The second-order valence-corrected chi connectivity index (χ2v) is 9.56. The number of sulfone groups is 1. The number of nitrogens with zero attached hydrogens (tertiary/aromatic N) is 1. The topological polar surface area (TPSA) is 83.6 Å². The van der Waals surface area contributed by atoms with Gasteiger partial charge in [0.05, 0.1) is 10.6 Å². The highest BCUT2D eigenvalue weighted by atomic mass is 32.2. The Hall–Kier alpha value is -2.81. The Bertz CT molecular complexity index is 1100. The van der Waals surface area contributed by atoms with Crippen molar-refractivity contribution in [3.8, 4) is 0 Å². The van der Waals surface area contributed by atoms with Gasteiger partial charge in [-0.2, -0.15) is 0 Å². The molecule has 0 aromatic heterocycles. The third-order valence-electron chi connectivity index (χ3n) is 5.16. The molecule has 0 saturated carbocycles. The number of benzene rings is 2. The Labute approximate surface area is 173 Å². The van der Waals surface area contributed by atoms with Crippen LogP contribution in [-0.2, 0) is 25.3 Å². The van der Waals surface area contributed by atoms with Gasteiger partial charge in [0.25, 0.3) is 5.92 Å². The Morgan fingerprint density at radius 2 is 1.83 bits per heavy atom. The van der Waals surface area contributed by atoms with Crippen molar-refractivity contribution >= 4 is 27.3 Å². The van der Waals surface area contributed by atoms with Gasteiger partial charge in [0.15, 0.2) is 9.84 Å². The van der Waals surface area contributed by atoms with Gasteiger partial charge >= 0.3 is 0 Å². The number of carbonyl (C=O) groups excluding carboxylic acids is 2. The van der Waals surface area contributed by atoms with Crippen LogP contribution < -0.4 is 5.32 Å². The van der Waals surface area contributed by atoms with E-state index in [4.69, 9.17) is 0 Å². The Morgan fingerprint density at radius 3 is 2.47 bits per heavy atom. The zero-order chi connectivity index (χ0) is 22.3. The highest BCUT2D eigenvalue weighted by molar-refractivity contribution is 7.90. The SMILES string of the molecule is CN1C[C@H](c2cccc(C(C)(F)F)c2)[C@@H](C(=O)Nc2ccccc2S(C)(=O)=O)C1=O. The molecule has 1 N–H and O–H groups in total. The van der Waals surface area contributed by atoms with Crippen LogP contribution in [0, 0.1) is 5.92 Å². The van der Waals surface area contributed by atoms with Crippen molar-refractivity contribution < 1.29 is 26.8 Å². The molecule has 0 unspecified atom stereocenters.